The summed E-state index contributed by atoms with van der Waals surface area (Å²) in [5, 5.41) is 4.24. The van der Waals surface area contributed by atoms with Crippen molar-refractivity contribution in [2.24, 2.45) is 0 Å². The van der Waals surface area contributed by atoms with Crippen LogP contribution in [0.5, 0.6) is 0 Å². The molecule has 0 bridgehead atoms. The van der Waals surface area contributed by atoms with Gasteiger partial charge in [0.05, 0.1) is 7.11 Å². The molecule has 1 fully saturated rings. The Morgan fingerprint density at radius 1 is 1.03 bits per heavy atom. The van der Waals surface area contributed by atoms with E-state index >= 15 is 0 Å². The van der Waals surface area contributed by atoms with Gasteiger partial charge < -0.3 is 0 Å². The fourth-order valence-corrected chi connectivity index (χ4v) is 5.12. The standard InChI is InChI=1S/C23H21AsN4O2/c1-30-21(29)20-26-22-25-19(16-8-10-17(11-9-16)23(24)12-5-13-23)18(14-28(22)27-20)15-6-3-2-4-7-15/h2-4,6-11,14H,5,12-13,24H2,1H3. The van der Waals surface area contributed by atoms with Gasteiger partial charge in [0, 0.05) is 0 Å². The molecule has 2 aromatic carbocycles. The third kappa shape index (κ3) is 3.21. The molecule has 2 heterocycles. The summed E-state index contributed by atoms with van der Waals surface area (Å²) in [5.41, 5.74) is 5.17. The molecule has 1 aliphatic rings. The van der Waals surface area contributed by atoms with Crippen LogP contribution in [0.3, 0.4) is 0 Å². The average molecular weight is 460 g/mol. The number of carbonyl (C=O) groups excluding carboxylic acids is 1. The molecule has 7 heteroatoms. The Kier molecular flexibility index (Phi) is 4.67. The number of fused-ring (bicyclic) bond motifs is 1. The van der Waals surface area contributed by atoms with Crippen molar-refractivity contribution in [1.29, 1.82) is 0 Å². The number of aromatic nitrogens is 4. The van der Waals surface area contributed by atoms with Crippen LogP contribution in [0.15, 0.2) is 60.8 Å². The van der Waals surface area contributed by atoms with Gasteiger partial charge in [-0.25, -0.2) is 0 Å². The predicted octanol–water partition coefficient (Wildman–Crippen LogP) is 3.26. The zero-order valence-corrected chi connectivity index (χ0v) is 19.0. The van der Waals surface area contributed by atoms with Gasteiger partial charge in [-0.15, -0.1) is 0 Å². The number of carbonyl (C=O) groups is 1. The third-order valence-corrected chi connectivity index (χ3v) is 7.67. The summed E-state index contributed by atoms with van der Waals surface area (Å²) in [7, 11) is 1.31. The summed E-state index contributed by atoms with van der Waals surface area (Å²) in [6.45, 7) is 0. The minimum absolute atomic E-state index is 0.00310. The van der Waals surface area contributed by atoms with Crippen LogP contribution in [0.4, 0.5) is 0 Å². The number of rotatable bonds is 4. The third-order valence-electron chi connectivity index (χ3n) is 5.76. The first-order valence-electron chi connectivity index (χ1n) is 9.88. The van der Waals surface area contributed by atoms with Crippen molar-refractivity contribution in [2.75, 3.05) is 7.11 Å². The number of benzene rings is 2. The van der Waals surface area contributed by atoms with Crippen LogP contribution in [0.2, 0.25) is 0 Å². The van der Waals surface area contributed by atoms with Crippen LogP contribution in [0.25, 0.3) is 28.2 Å². The van der Waals surface area contributed by atoms with Crippen molar-refractivity contribution in [3.63, 3.8) is 0 Å². The first kappa shape index (κ1) is 19.0. The van der Waals surface area contributed by atoms with E-state index in [0.717, 1.165) is 22.4 Å². The molecule has 1 atom stereocenters. The molecular weight excluding hydrogens is 439 g/mol. The van der Waals surface area contributed by atoms with Gasteiger partial charge in [-0.05, 0) is 0 Å². The van der Waals surface area contributed by atoms with Gasteiger partial charge in [0.25, 0.3) is 0 Å². The quantitative estimate of drug-likeness (QED) is 0.346. The monoisotopic (exact) mass is 460 g/mol. The molecule has 1 saturated carbocycles. The van der Waals surface area contributed by atoms with Crippen LogP contribution in [0.1, 0.15) is 35.4 Å². The average Bonchev–Trinajstić information content (AvgIpc) is 3.20. The molecular formula is C23H21AsN4O2. The molecule has 0 radical (unpaired) electrons. The Balaban J connectivity index is 1.66. The SMILES string of the molecule is COC(=O)c1nc2nc(-c3ccc(C4([AsH2])CCC4)cc3)c(-c3ccccc3)cn2n1. The Hall–Kier alpha value is -2.98. The molecule has 0 N–H and O–H groups in total. The number of hydrogen-bond acceptors (Lipinski definition) is 5. The molecule has 2 aromatic heterocycles. The topological polar surface area (TPSA) is 69.4 Å². The molecule has 0 saturated heterocycles. The molecule has 1 aliphatic carbocycles. The van der Waals surface area contributed by atoms with Gasteiger partial charge in [-0.2, -0.15) is 0 Å². The van der Waals surface area contributed by atoms with E-state index in [0.29, 0.717) is 9.98 Å². The molecule has 30 heavy (non-hydrogen) atoms. The second-order valence-corrected chi connectivity index (χ2v) is 9.95. The summed E-state index contributed by atoms with van der Waals surface area (Å²) < 4.78 is 6.64. The number of methoxy groups -OCH3 is 1. The minimum atomic E-state index is -0.580. The van der Waals surface area contributed by atoms with Gasteiger partial charge in [-0.3, -0.25) is 0 Å². The van der Waals surface area contributed by atoms with Gasteiger partial charge in [0.15, 0.2) is 0 Å². The molecule has 0 spiro atoms. The fourth-order valence-electron chi connectivity index (χ4n) is 3.85. The van der Waals surface area contributed by atoms with Crippen LogP contribution in [-0.4, -0.2) is 49.5 Å². The molecule has 0 amide bonds. The van der Waals surface area contributed by atoms with E-state index in [-0.39, 0.29) is 5.82 Å². The number of ether oxygens (including phenoxy) is 1. The number of esters is 1. The van der Waals surface area contributed by atoms with Crippen LogP contribution in [0, 0.1) is 0 Å². The summed E-state index contributed by atoms with van der Waals surface area (Å²) >= 11 is 1.81. The van der Waals surface area contributed by atoms with Gasteiger partial charge >= 0.3 is 176 Å². The maximum atomic E-state index is 11.9. The number of nitrogens with zero attached hydrogens (tertiary/aromatic N) is 4. The van der Waals surface area contributed by atoms with Gasteiger partial charge in [0.1, 0.15) is 0 Å². The fraction of sp³-hybridized carbons (Fsp3) is 0.217. The van der Waals surface area contributed by atoms with Crippen LogP contribution >= 0.6 is 0 Å². The van der Waals surface area contributed by atoms with Crippen molar-refractivity contribution < 1.29 is 9.53 Å². The van der Waals surface area contributed by atoms with Crippen molar-refractivity contribution >= 4 is 28.6 Å². The Bertz CT molecular complexity index is 1230. The number of hydrogen-bond donors (Lipinski definition) is 0. The van der Waals surface area contributed by atoms with E-state index in [4.69, 9.17) is 9.72 Å². The van der Waals surface area contributed by atoms with E-state index in [1.165, 1.54) is 36.5 Å². The molecule has 1 unspecified atom stereocenters. The van der Waals surface area contributed by atoms with Crippen molar-refractivity contribution in [3.8, 4) is 22.4 Å². The van der Waals surface area contributed by atoms with Crippen molar-refractivity contribution in [2.45, 2.75) is 23.5 Å². The van der Waals surface area contributed by atoms with Crippen molar-refractivity contribution in [1.82, 2.24) is 19.6 Å². The predicted molar refractivity (Wildman–Crippen MR) is 117 cm³/mol. The van der Waals surface area contributed by atoms with Crippen molar-refractivity contribution in [3.05, 3.63) is 72.2 Å². The molecule has 6 nitrogen and oxygen atoms in total. The molecule has 4 aromatic rings. The van der Waals surface area contributed by atoms with E-state index < -0.39 is 5.97 Å². The van der Waals surface area contributed by atoms with E-state index in [1.807, 2.05) is 53.4 Å². The van der Waals surface area contributed by atoms with E-state index in [1.54, 1.807) is 0 Å². The van der Waals surface area contributed by atoms with Crippen LogP contribution in [-0.2, 0) is 8.94 Å². The second-order valence-electron chi connectivity index (χ2n) is 7.63. The first-order valence-corrected chi connectivity index (χ1v) is 11.1. The zero-order chi connectivity index (χ0) is 20.7. The zero-order valence-electron chi connectivity index (χ0n) is 16.6. The summed E-state index contributed by atoms with van der Waals surface area (Å²) in [6, 6.07) is 18.8. The summed E-state index contributed by atoms with van der Waals surface area (Å²) in [4.78, 5) is 20.9. The van der Waals surface area contributed by atoms with E-state index in [9.17, 15) is 4.79 Å². The Morgan fingerprint density at radius 3 is 2.40 bits per heavy atom. The van der Waals surface area contributed by atoms with Gasteiger partial charge in [0.2, 0.25) is 0 Å². The second kappa shape index (κ2) is 7.37. The molecule has 0 aliphatic heterocycles. The maximum absolute atomic E-state index is 11.9. The molecule has 5 rings (SSSR count). The normalized spacial score (nSPS) is 15.0. The first-order chi connectivity index (χ1) is 14.6. The summed E-state index contributed by atoms with van der Waals surface area (Å²) in [5.74, 6) is -0.219. The molecule has 150 valence electrons. The van der Waals surface area contributed by atoms with E-state index in [2.05, 4.69) is 34.3 Å². The Morgan fingerprint density at radius 2 is 1.77 bits per heavy atom. The van der Waals surface area contributed by atoms with Gasteiger partial charge in [-0.1, -0.05) is 0 Å². The van der Waals surface area contributed by atoms with Crippen LogP contribution < -0.4 is 0 Å². The summed E-state index contributed by atoms with van der Waals surface area (Å²) in [6.07, 6.45) is 5.71. The Labute approximate surface area is 182 Å².